The zero-order valence-electron chi connectivity index (χ0n) is 15.5. The molecule has 1 aromatic rings. The molecule has 1 aromatic heterocycles. The molecular weight excluding hydrogens is 352 g/mol. The Balaban J connectivity index is 2.02. The van der Waals surface area contributed by atoms with Gasteiger partial charge in [0.05, 0.1) is 23.6 Å². The van der Waals surface area contributed by atoms with Crippen LogP contribution in [0.1, 0.15) is 57.2 Å². The predicted molar refractivity (Wildman–Crippen MR) is 96.5 cm³/mol. The van der Waals surface area contributed by atoms with Gasteiger partial charge in [-0.1, -0.05) is 24.2 Å². The van der Waals surface area contributed by atoms with Crippen molar-refractivity contribution in [2.45, 2.75) is 64.0 Å². The molecule has 148 valence electrons. The topological polar surface area (TPSA) is 152 Å². The average Bonchev–Trinajstić information content (AvgIpc) is 3.09. The average molecular weight is 378 g/mol. The lowest BCUT2D eigenvalue weighted by Crippen LogP contribution is -2.44. The van der Waals surface area contributed by atoms with Crippen molar-refractivity contribution in [2.75, 3.05) is 0 Å². The number of amides is 1. The largest absolute Gasteiger partial charge is 0.478 e. The zero-order valence-corrected chi connectivity index (χ0v) is 15.5. The van der Waals surface area contributed by atoms with Gasteiger partial charge < -0.3 is 25.8 Å². The molecule has 27 heavy (non-hydrogen) atoms. The second kappa shape index (κ2) is 9.43. The molecule has 0 fully saturated rings. The highest BCUT2D eigenvalue weighted by atomic mass is 16.5. The predicted octanol–water partition coefficient (Wildman–Crippen LogP) is 1.01. The van der Waals surface area contributed by atoms with Crippen LogP contribution in [0.5, 0.6) is 0 Å². The number of hydrogen-bond acceptors (Lipinski definition) is 7. The Kier molecular flexibility index (Phi) is 7.26. The molecule has 9 nitrogen and oxygen atoms in total. The fraction of sp³-hybridized carbons (Fsp3) is 0.556. The Morgan fingerprint density at radius 1 is 1.33 bits per heavy atom. The van der Waals surface area contributed by atoms with Gasteiger partial charge >= 0.3 is 5.97 Å². The number of aliphatic carboxylic acids is 1. The van der Waals surface area contributed by atoms with E-state index in [4.69, 9.17) is 10.3 Å². The van der Waals surface area contributed by atoms with Crippen LogP contribution in [0, 0.1) is 0 Å². The lowest BCUT2D eigenvalue weighted by Gasteiger charge is -2.21. The summed E-state index contributed by atoms with van der Waals surface area (Å²) >= 11 is 0. The van der Waals surface area contributed by atoms with E-state index in [0.717, 1.165) is 12.8 Å². The number of nitrogens with one attached hydrogen (secondary N) is 1. The summed E-state index contributed by atoms with van der Waals surface area (Å²) in [7, 11) is 0. The molecule has 0 spiro atoms. The van der Waals surface area contributed by atoms with E-state index in [1.807, 2.05) is 0 Å². The number of nitrogens with two attached hydrogens (primary N) is 1. The summed E-state index contributed by atoms with van der Waals surface area (Å²) in [6.45, 7) is 3.33. The minimum absolute atomic E-state index is 0.231. The number of aromatic nitrogens is 2. The summed E-state index contributed by atoms with van der Waals surface area (Å²) in [6, 6.07) is -0.962. The minimum Gasteiger partial charge on any atom is -0.478 e. The van der Waals surface area contributed by atoms with Gasteiger partial charge in [0.15, 0.2) is 5.82 Å². The third kappa shape index (κ3) is 5.73. The molecule has 0 bridgehead atoms. The van der Waals surface area contributed by atoms with Crippen molar-refractivity contribution in [2.24, 2.45) is 5.73 Å². The van der Waals surface area contributed by atoms with Crippen LogP contribution in [0.2, 0.25) is 0 Å². The number of carboxylic acids is 1. The molecule has 1 amide bonds. The van der Waals surface area contributed by atoms with Gasteiger partial charge in [0.2, 0.25) is 11.8 Å². The SMILES string of the molecule is CC(O)/C=C\Cc1noc(C(C)C(N)C(=O)NC2=C(C(=O)O)CCCC2)n1. The fourth-order valence-electron chi connectivity index (χ4n) is 2.80. The van der Waals surface area contributed by atoms with E-state index < -0.39 is 29.9 Å². The monoisotopic (exact) mass is 378 g/mol. The van der Waals surface area contributed by atoms with Crippen LogP contribution in [0.15, 0.2) is 27.9 Å². The van der Waals surface area contributed by atoms with Crippen LogP contribution < -0.4 is 11.1 Å². The lowest BCUT2D eigenvalue weighted by molar-refractivity contribution is -0.133. The first-order valence-corrected chi connectivity index (χ1v) is 8.98. The molecule has 1 aliphatic rings. The minimum atomic E-state index is -1.02. The van der Waals surface area contributed by atoms with Gasteiger partial charge in [-0.05, 0) is 32.6 Å². The van der Waals surface area contributed by atoms with E-state index in [9.17, 15) is 19.8 Å². The van der Waals surface area contributed by atoms with E-state index in [2.05, 4.69) is 15.5 Å². The molecule has 3 unspecified atom stereocenters. The molecule has 0 saturated heterocycles. The Morgan fingerprint density at radius 3 is 2.70 bits per heavy atom. The number of carbonyl (C=O) groups is 2. The van der Waals surface area contributed by atoms with Crippen molar-refractivity contribution in [3.8, 4) is 0 Å². The fourth-order valence-corrected chi connectivity index (χ4v) is 2.80. The van der Waals surface area contributed by atoms with Gasteiger partial charge in [0.25, 0.3) is 0 Å². The molecule has 0 saturated carbocycles. The van der Waals surface area contributed by atoms with E-state index in [1.54, 1.807) is 26.0 Å². The van der Waals surface area contributed by atoms with Crippen LogP contribution in [0.3, 0.4) is 0 Å². The highest BCUT2D eigenvalue weighted by molar-refractivity contribution is 5.90. The lowest BCUT2D eigenvalue weighted by atomic mass is 9.95. The van der Waals surface area contributed by atoms with E-state index >= 15 is 0 Å². The molecule has 0 aromatic carbocycles. The van der Waals surface area contributed by atoms with Gasteiger partial charge in [0, 0.05) is 12.1 Å². The quantitative estimate of drug-likeness (QED) is 0.489. The molecular formula is C18H26N4O5. The van der Waals surface area contributed by atoms with Crippen molar-refractivity contribution in [3.05, 3.63) is 35.1 Å². The maximum Gasteiger partial charge on any atom is 0.333 e. The number of aliphatic hydroxyl groups is 1. The van der Waals surface area contributed by atoms with Crippen molar-refractivity contribution < 1.29 is 24.3 Å². The summed E-state index contributed by atoms with van der Waals surface area (Å²) < 4.78 is 5.18. The maximum absolute atomic E-state index is 12.5. The number of hydrogen-bond donors (Lipinski definition) is 4. The first-order chi connectivity index (χ1) is 12.8. The summed E-state index contributed by atoms with van der Waals surface area (Å²) in [4.78, 5) is 28.0. The number of aliphatic hydroxyl groups excluding tert-OH is 1. The first-order valence-electron chi connectivity index (χ1n) is 8.98. The van der Waals surface area contributed by atoms with E-state index in [-0.39, 0.29) is 11.5 Å². The van der Waals surface area contributed by atoms with Crippen LogP contribution in [-0.2, 0) is 16.0 Å². The van der Waals surface area contributed by atoms with Crippen molar-refractivity contribution in [1.82, 2.24) is 15.5 Å². The van der Waals surface area contributed by atoms with Crippen molar-refractivity contribution in [1.29, 1.82) is 0 Å². The molecule has 5 N–H and O–H groups in total. The number of rotatable bonds is 8. The highest BCUT2D eigenvalue weighted by Gasteiger charge is 2.29. The van der Waals surface area contributed by atoms with Crippen molar-refractivity contribution in [3.63, 3.8) is 0 Å². The third-order valence-electron chi connectivity index (χ3n) is 4.43. The van der Waals surface area contributed by atoms with Crippen molar-refractivity contribution >= 4 is 11.9 Å². The van der Waals surface area contributed by atoms with Crippen LogP contribution in [0.25, 0.3) is 0 Å². The second-order valence-electron chi connectivity index (χ2n) is 6.69. The van der Waals surface area contributed by atoms with Gasteiger partial charge in [-0.15, -0.1) is 0 Å². The molecule has 3 atom stereocenters. The molecule has 9 heteroatoms. The third-order valence-corrected chi connectivity index (χ3v) is 4.43. The number of nitrogens with zero attached hydrogens (tertiary/aromatic N) is 2. The molecule has 0 radical (unpaired) electrons. The molecule has 0 aliphatic heterocycles. The van der Waals surface area contributed by atoms with Crippen LogP contribution in [-0.4, -0.2) is 44.4 Å². The Morgan fingerprint density at radius 2 is 2.04 bits per heavy atom. The zero-order chi connectivity index (χ0) is 20.0. The summed E-state index contributed by atoms with van der Waals surface area (Å²) in [5, 5.41) is 24.9. The van der Waals surface area contributed by atoms with Gasteiger partial charge in [-0.25, -0.2) is 4.79 Å². The summed E-state index contributed by atoms with van der Waals surface area (Å²) in [6.07, 6.45) is 5.71. The number of allylic oxidation sites excluding steroid dienone is 2. The Labute approximate surface area is 157 Å². The Bertz CT molecular complexity index is 738. The number of carbonyl (C=O) groups excluding carboxylic acids is 1. The first kappa shape index (κ1) is 20.8. The van der Waals surface area contributed by atoms with E-state index in [1.165, 1.54) is 0 Å². The summed E-state index contributed by atoms with van der Waals surface area (Å²) in [5.41, 5.74) is 6.69. The summed E-state index contributed by atoms with van der Waals surface area (Å²) in [5.74, 6) is -1.38. The molecule has 2 rings (SSSR count). The smallest absolute Gasteiger partial charge is 0.333 e. The van der Waals surface area contributed by atoms with E-state index in [0.29, 0.717) is 30.8 Å². The highest BCUT2D eigenvalue weighted by Crippen LogP contribution is 2.24. The van der Waals surface area contributed by atoms with Gasteiger partial charge in [-0.3, -0.25) is 4.79 Å². The normalized spacial score (nSPS) is 18.4. The van der Waals surface area contributed by atoms with Crippen LogP contribution in [0.4, 0.5) is 0 Å². The second-order valence-corrected chi connectivity index (χ2v) is 6.69. The van der Waals surface area contributed by atoms with Gasteiger partial charge in [-0.2, -0.15) is 4.98 Å². The van der Waals surface area contributed by atoms with Gasteiger partial charge in [0.1, 0.15) is 0 Å². The molecule has 1 aliphatic carbocycles. The maximum atomic E-state index is 12.5. The standard InChI is InChI=1S/C18H26N4O5/c1-10(23)6-5-9-14-21-17(27-22-14)11(2)15(19)16(24)20-13-8-4-3-7-12(13)18(25)26/h5-6,10-11,15,23H,3-4,7-9,19H2,1-2H3,(H,20,24)(H,25,26)/b6-5-. The van der Waals surface area contributed by atoms with Crippen LogP contribution >= 0.6 is 0 Å². The number of carboxylic acid groups (broad SMARTS) is 1. The molecule has 1 heterocycles. The Hall–Kier alpha value is -2.52.